The molecule has 0 aromatic heterocycles. The second-order valence-corrected chi connectivity index (χ2v) is 4.61. The van der Waals surface area contributed by atoms with Gasteiger partial charge in [-0.3, -0.25) is 4.79 Å². The van der Waals surface area contributed by atoms with Gasteiger partial charge in [0.25, 0.3) is 5.91 Å². The summed E-state index contributed by atoms with van der Waals surface area (Å²) in [5.74, 6) is -1.66. The Morgan fingerprint density at radius 2 is 2.16 bits per heavy atom. The third-order valence-corrected chi connectivity index (χ3v) is 3.05. The lowest BCUT2D eigenvalue weighted by Gasteiger charge is -2.17. The number of unbranched alkanes of at least 4 members (excludes halogenated alkanes) is 1. The smallest absolute Gasteiger partial charge is 0.326 e. The lowest BCUT2D eigenvalue weighted by Crippen LogP contribution is -2.30. The molecule has 0 heterocycles. The number of hydrogen-bond acceptors (Lipinski definition) is 3. The number of aliphatic carboxylic acids is 1. The number of amides is 1. The molecule has 4 N–H and O–H groups in total. The maximum absolute atomic E-state index is 11.4. The zero-order valence-corrected chi connectivity index (χ0v) is 11.4. The van der Waals surface area contributed by atoms with Crippen molar-refractivity contribution in [3.8, 4) is 0 Å². The Kier molecular flexibility index (Phi) is 5.63. The number of nitrogens with one attached hydrogen (secondary N) is 1. The maximum Gasteiger partial charge on any atom is 0.326 e. The van der Waals surface area contributed by atoms with Crippen molar-refractivity contribution in [3.63, 3.8) is 0 Å². The summed E-state index contributed by atoms with van der Waals surface area (Å²) in [5.41, 5.74) is 5.72. The third kappa shape index (κ3) is 4.13. The summed E-state index contributed by atoms with van der Waals surface area (Å²) < 4.78 is 0. The number of carboxylic acids is 1. The van der Waals surface area contributed by atoms with E-state index >= 15 is 0 Å². The molecule has 0 spiro atoms. The first-order valence-corrected chi connectivity index (χ1v) is 6.42. The van der Waals surface area contributed by atoms with Crippen molar-refractivity contribution >= 4 is 29.2 Å². The summed E-state index contributed by atoms with van der Waals surface area (Å²) in [6.07, 6.45) is 2.14. The van der Waals surface area contributed by atoms with Crippen LogP contribution in [-0.4, -0.2) is 23.0 Å². The molecule has 0 aliphatic heterocycles. The van der Waals surface area contributed by atoms with Crippen LogP contribution < -0.4 is 11.1 Å². The number of primary amides is 1. The first-order chi connectivity index (χ1) is 8.97. The van der Waals surface area contributed by atoms with Crippen molar-refractivity contribution in [3.05, 3.63) is 28.8 Å². The Balaban J connectivity index is 2.99. The first kappa shape index (κ1) is 15.3. The van der Waals surface area contributed by atoms with Gasteiger partial charge in [-0.15, -0.1) is 0 Å². The zero-order valence-electron chi connectivity index (χ0n) is 10.6. The van der Waals surface area contributed by atoms with Crippen LogP contribution in [0.4, 0.5) is 5.69 Å². The molecule has 1 atom stereocenters. The molecule has 1 unspecified atom stereocenters. The van der Waals surface area contributed by atoms with E-state index in [-0.39, 0.29) is 10.6 Å². The van der Waals surface area contributed by atoms with E-state index in [0.717, 1.165) is 12.8 Å². The Labute approximate surface area is 116 Å². The summed E-state index contributed by atoms with van der Waals surface area (Å²) in [7, 11) is 0. The van der Waals surface area contributed by atoms with E-state index in [1.54, 1.807) is 12.1 Å². The van der Waals surface area contributed by atoms with Gasteiger partial charge in [-0.1, -0.05) is 37.4 Å². The predicted octanol–water partition coefficient (Wildman–Crippen LogP) is 2.49. The van der Waals surface area contributed by atoms with Gasteiger partial charge in [0.1, 0.15) is 6.04 Å². The molecule has 104 valence electrons. The highest BCUT2D eigenvalue weighted by atomic mass is 35.5. The highest BCUT2D eigenvalue weighted by Gasteiger charge is 2.20. The van der Waals surface area contributed by atoms with E-state index in [4.69, 9.17) is 22.4 Å². The van der Waals surface area contributed by atoms with Gasteiger partial charge < -0.3 is 16.2 Å². The molecule has 19 heavy (non-hydrogen) atoms. The number of carboxylic acid groups (broad SMARTS) is 1. The number of carbonyl (C=O) groups excluding carboxylic acids is 1. The van der Waals surface area contributed by atoms with Gasteiger partial charge in [-0.2, -0.15) is 0 Å². The summed E-state index contributed by atoms with van der Waals surface area (Å²) in [5, 5.41) is 12.2. The summed E-state index contributed by atoms with van der Waals surface area (Å²) in [6, 6.07) is 4.00. The van der Waals surface area contributed by atoms with E-state index in [2.05, 4.69) is 5.32 Å². The van der Waals surface area contributed by atoms with Crippen molar-refractivity contribution in [1.82, 2.24) is 0 Å². The molecule has 6 heteroatoms. The quantitative estimate of drug-likeness (QED) is 0.717. The average molecular weight is 285 g/mol. The third-order valence-electron chi connectivity index (χ3n) is 2.73. The molecule has 0 bridgehead atoms. The molecule has 1 amide bonds. The van der Waals surface area contributed by atoms with Crippen molar-refractivity contribution in [2.24, 2.45) is 5.73 Å². The predicted molar refractivity (Wildman–Crippen MR) is 74.5 cm³/mol. The summed E-state index contributed by atoms with van der Waals surface area (Å²) >= 11 is 5.90. The first-order valence-electron chi connectivity index (χ1n) is 6.05. The number of hydrogen-bond donors (Lipinski definition) is 3. The van der Waals surface area contributed by atoms with Crippen molar-refractivity contribution in [1.29, 1.82) is 0 Å². The van der Waals surface area contributed by atoms with Gasteiger partial charge in [0.05, 0.1) is 10.6 Å². The van der Waals surface area contributed by atoms with Crippen LogP contribution in [0.5, 0.6) is 0 Å². The summed E-state index contributed by atoms with van der Waals surface area (Å²) in [6.45, 7) is 1.98. The minimum Gasteiger partial charge on any atom is -0.480 e. The number of halogens is 1. The van der Waals surface area contributed by atoms with Gasteiger partial charge in [-0.25, -0.2) is 4.79 Å². The van der Waals surface area contributed by atoms with Gasteiger partial charge in [0.2, 0.25) is 0 Å². The molecule has 0 saturated carbocycles. The molecular weight excluding hydrogens is 268 g/mol. The molecule has 0 radical (unpaired) electrons. The SMILES string of the molecule is CCCCC(Nc1cccc(Cl)c1C(N)=O)C(=O)O. The molecule has 0 saturated heterocycles. The van der Waals surface area contributed by atoms with Crippen LogP contribution in [0.25, 0.3) is 0 Å². The van der Waals surface area contributed by atoms with E-state index in [1.807, 2.05) is 6.92 Å². The zero-order chi connectivity index (χ0) is 14.4. The summed E-state index contributed by atoms with van der Waals surface area (Å²) in [4.78, 5) is 22.5. The van der Waals surface area contributed by atoms with Crippen LogP contribution in [0.15, 0.2) is 18.2 Å². The second-order valence-electron chi connectivity index (χ2n) is 4.20. The van der Waals surface area contributed by atoms with E-state index in [1.165, 1.54) is 6.07 Å². The van der Waals surface area contributed by atoms with Crippen LogP contribution in [0, 0.1) is 0 Å². The van der Waals surface area contributed by atoms with Crippen LogP contribution in [-0.2, 0) is 4.79 Å². The van der Waals surface area contributed by atoms with Gasteiger partial charge in [-0.05, 0) is 18.6 Å². The van der Waals surface area contributed by atoms with Gasteiger partial charge in [0.15, 0.2) is 0 Å². The van der Waals surface area contributed by atoms with Crippen LogP contribution >= 0.6 is 11.6 Å². The minimum absolute atomic E-state index is 0.118. The minimum atomic E-state index is -0.969. The van der Waals surface area contributed by atoms with E-state index in [0.29, 0.717) is 12.1 Å². The lowest BCUT2D eigenvalue weighted by atomic mass is 10.1. The van der Waals surface area contributed by atoms with Crippen LogP contribution in [0.2, 0.25) is 5.02 Å². The molecule has 1 aromatic rings. The molecule has 1 rings (SSSR count). The fourth-order valence-corrected chi connectivity index (χ4v) is 2.02. The van der Waals surface area contributed by atoms with E-state index in [9.17, 15) is 9.59 Å². The Bertz CT molecular complexity index is 477. The van der Waals surface area contributed by atoms with Crippen molar-refractivity contribution in [2.75, 3.05) is 5.32 Å². The highest BCUT2D eigenvalue weighted by Crippen LogP contribution is 2.25. The standard InChI is InChI=1S/C13H17ClN2O3/c1-2-3-6-10(13(18)19)16-9-7-4-5-8(14)11(9)12(15)17/h4-5,7,10,16H,2-3,6H2,1H3,(H2,15,17)(H,18,19). The second kappa shape index (κ2) is 6.99. The number of rotatable bonds is 7. The monoisotopic (exact) mass is 284 g/mol. The largest absolute Gasteiger partial charge is 0.480 e. The van der Waals surface area contributed by atoms with Crippen LogP contribution in [0.1, 0.15) is 36.5 Å². The molecule has 1 aromatic carbocycles. The number of anilines is 1. The average Bonchev–Trinajstić information content (AvgIpc) is 2.33. The van der Waals surface area contributed by atoms with Gasteiger partial charge in [0, 0.05) is 5.69 Å². The molecule has 0 aliphatic rings. The Morgan fingerprint density at radius 1 is 1.47 bits per heavy atom. The number of nitrogens with two attached hydrogens (primary N) is 1. The lowest BCUT2D eigenvalue weighted by molar-refractivity contribution is -0.138. The Hall–Kier alpha value is -1.75. The molecular formula is C13H17ClN2O3. The number of carbonyl (C=O) groups is 2. The highest BCUT2D eigenvalue weighted by molar-refractivity contribution is 6.34. The fourth-order valence-electron chi connectivity index (χ4n) is 1.75. The molecule has 0 aliphatic carbocycles. The number of benzene rings is 1. The van der Waals surface area contributed by atoms with E-state index < -0.39 is 17.9 Å². The topological polar surface area (TPSA) is 92.4 Å². The molecule has 5 nitrogen and oxygen atoms in total. The molecule has 0 fully saturated rings. The Morgan fingerprint density at radius 3 is 2.68 bits per heavy atom. The van der Waals surface area contributed by atoms with Crippen molar-refractivity contribution < 1.29 is 14.7 Å². The fraction of sp³-hybridized carbons (Fsp3) is 0.385. The van der Waals surface area contributed by atoms with Crippen molar-refractivity contribution in [2.45, 2.75) is 32.2 Å². The van der Waals surface area contributed by atoms with Gasteiger partial charge >= 0.3 is 5.97 Å². The maximum atomic E-state index is 11.4. The van der Waals surface area contributed by atoms with Crippen LogP contribution in [0.3, 0.4) is 0 Å². The normalized spacial score (nSPS) is 11.9.